The first kappa shape index (κ1) is 10.7. The maximum Gasteiger partial charge on any atom is 0.161 e. The molecule has 0 aliphatic carbocycles. The predicted molar refractivity (Wildman–Crippen MR) is 49.7 cm³/mol. The smallest absolute Gasteiger partial charge is 0.161 e. The minimum Gasteiger partial charge on any atom is -0.381 e. The van der Waals surface area contributed by atoms with Gasteiger partial charge in [0.2, 0.25) is 0 Å². The molecular weight excluding hydrogens is 168 g/mol. The molecule has 1 aliphatic heterocycles. The molecule has 13 heavy (non-hydrogen) atoms. The van der Waals surface area contributed by atoms with Crippen molar-refractivity contribution in [3.63, 3.8) is 0 Å². The van der Waals surface area contributed by atoms with Crippen LogP contribution in [0.15, 0.2) is 0 Å². The van der Waals surface area contributed by atoms with E-state index < -0.39 is 0 Å². The van der Waals surface area contributed by atoms with Crippen LogP contribution in [0, 0.1) is 5.92 Å². The first-order chi connectivity index (χ1) is 6.34. The molecule has 0 aromatic heterocycles. The van der Waals surface area contributed by atoms with E-state index in [1.54, 1.807) is 0 Å². The molecule has 3 heteroatoms. The molecule has 0 atom stereocenters. The van der Waals surface area contributed by atoms with Gasteiger partial charge in [-0.05, 0) is 19.3 Å². The monoisotopic (exact) mass is 186 g/mol. The quantitative estimate of drug-likeness (QED) is 0.609. The average molecular weight is 186 g/mol. The summed E-state index contributed by atoms with van der Waals surface area (Å²) in [4.78, 5) is 11.5. The Labute approximate surface area is 79.4 Å². The maximum absolute atomic E-state index is 11.5. The number of ketones is 1. The highest BCUT2D eigenvalue weighted by Gasteiger charge is 2.20. The van der Waals surface area contributed by atoms with E-state index >= 15 is 0 Å². The Morgan fingerprint density at radius 1 is 1.46 bits per heavy atom. The predicted octanol–water partition coefficient (Wildman–Crippen LogP) is 1.41. The van der Waals surface area contributed by atoms with Gasteiger partial charge in [0.1, 0.15) is 6.61 Å². The molecule has 0 amide bonds. The van der Waals surface area contributed by atoms with E-state index in [2.05, 4.69) is 0 Å². The van der Waals surface area contributed by atoms with Crippen LogP contribution < -0.4 is 0 Å². The fraction of sp³-hybridized carbons (Fsp3) is 0.900. The van der Waals surface area contributed by atoms with E-state index in [-0.39, 0.29) is 11.7 Å². The zero-order valence-electron chi connectivity index (χ0n) is 8.25. The fourth-order valence-corrected chi connectivity index (χ4v) is 1.45. The molecule has 0 aromatic rings. The Balaban J connectivity index is 2.13. The van der Waals surface area contributed by atoms with Crippen molar-refractivity contribution in [3.05, 3.63) is 0 Å². The highest BCUT2D eigenvalue weighted by Crippen LogP contribution is 2.15. The first-order valence-electron chi connectivity index (χ1n) is 5.02. The molecule has 0 radical (unpaired) electrons. The summed E-state index contributed by atoms with van der Waals surface area (Å²) in [5, 5.41) is 0. The van der Waals surface area contributed by atoms with E-state index in [1.807, 2.05) is 6.92 Å². The van der Waals surface area contributed by atoms with Crippen LogP contribution >= 0.6 is 0 Å². The van der Waals surface area contributed by atoms with E-state index in [9.17, 15) is 4.79 Å². The minimum absolute atomic E-state index is 0.186. The van der Waals surface area contributed by atoms with Gasteiger partial charge in [0, 0.05) is 25.7 Å². The molecule has 3 nitrogen and oxygen atoms in total. The number of carbonyl (C=O) groups is 1. The van der Waals surface area contributed by atoms with Gasteiger partial charge in [0.05, 0.1) is 0 Å². The Bertz CT molecular complexity index is 150. The van der Waals surface area contributed by atoms with Crippen LogP contribution in [0.25, 0.3) is 0 Å². The van der Waals surface area contributed by atoms with Gasteiger partial charge in [0.25, 0.3) is 0 Å². The van der Waals surface area contributed by atoms with Gasteiger partial charge >= 0.3 is 0 Å². The Morgan fingerprint density at radius 3 is 2.77 bits per heavy atom. The van der Waals surface area contributed by atoms with Crippen molar-refractivity contribution >= 4 is 5.78 Å². The summed E-state index contributed by atoms with van der Waals surface area (Å²) in [5.74, 6) is 0.433. The number of ether oxygens (including phenoxy) is 2. The highest BCUT2D eigenvalue weighted by atomic mass is 16.5. The van der Waals surface area contributed by atoms with E-state index in [0.717, 1.165) is 32.5 Å². The zero-order valence-corrected chi connectivity index (χ0v) is 8.25. The van der Waals surface area contributed by atoms with Crippen LogP contribution in [-0.2, 0) is 14.3 Å². The normalized spacial score (nSPS) is 18.8. The summed E-state index contributed by atoms with van der Waals surface area (Å²) < 4.78 is 10.4. The number of Topliss-reactive ketones (excluding diaryl/α,β-unsaturated/α-hetero) is 1. The van der Waals surface area contributed by atoms with Crippen molar-refractivity contribution in [3.8, 4) is 0 Å². The molecule has 1 heterocycles. The standard InChI is InChI=1S/C10H18O3/c1-2-5-13-8-10(11)9-3-6-12-7-4-9/h9H,2-8H2,1H3. The Kier molecular flexibility index (Phi) is 5.01. The fourth-order valence-electron chi connectivity index (χ4n) is 1.45. The molecule has 0 aromatic carbocycles. The second-order valence-corrected chi connectivity index (χ2v) is 3.41. The Hall–Kier alpha value is -0.410. The third kappa shape index (κ3) is 3.87. The molecule has 0 bridgehead atoms. The lowest BCUT2D eigenvalue weighted by molar-refractivity contribution is -0.130. The first-order valence-corrected chi connectivity index (χ1v) is 5.02. The molecule has 0 spiro atoms. The van der Waals surface area contributed by atoms with Crippen molar-refractivity contribution in [2.45, 2.75) is 26.2 Å². The summed E-state index contributed by atoms with van der Waals surface area (Å²) in [5.41, 5.74) is 0. The highest BCUT2D eigenvalue weighted by molar-refractivity contribution is 5.82. The van der Waals surface area contributed by atoms with Crippen LogP contribution in [0.5, 0.6) is 0 Å². The van der Waals surface area contributed by atoms with Gasteiger partial charge in [-0.1, -0.05) is 6.92 Å². The molecule has 0 unspecified atom stereocenters. The van der Waals surface area contributed by atoms with Crippen molar-refractivity contribution in [2.75, 3.05) is 26.4 Å². The molecule has 76 valence electrons. The summed E-state index contributed by atoms with van der Waals surface area (Å²) >= 11 is 0. The van der Waals surface area contributed by atoms with Crippen molar-refractivity contribution in [1.82, 2.24) is 0 Å². The van der Waals surface area contributed by atoms with Gasteiger partial charge in [-0.2, -0.15) is 0 Å². The van der Waals surface area contributed by atoms with E-state index in [0.29, 0.717) is 13.2 Å². The lowest BCUT2D eigenvalue weighted by Crippen LogP contribution is -2.26. The van der Waals surface area contributed by atoms with Crippen LogP contribution in [0.1, 0.15) is 26.2 Å². The number of hydrogen-bond donors (Lipinski definition) is 0. The van der Waals surface area contributed by atoms with Gasteiger partial charge in [-0.15, -0.1) is 0 Å². The molecule has 0 saturated carbocycles. The van der Waals surface area contributed by atoms with E-state index in [4.69, 9.17) is 9.47 Å². The van der Waals surface area contributed by atoms with Crippen LogP contribution in [0.4, 0.5) is 0 Å². The van der Waals surface area contributed by atoms with Crippen LogP contribution in [0.2, 0.25) is 0 Å². The molecule has 1 saturated heterocycles. The summed E-state index contributed by atoms with van der Waals surface area (Å²) in [6.07, 6.45) is 2.71. The van der Waals surface area contributed by atoms with Crippen molar-refractivity contribution in [1.29, 1.82) is 0 Å². The van der Waals surface area contributed by atoms with Crippen molar-refractivity contribution < 1.29 is 14.3 Å². The van der Waals surface area contributed by atoms with Gasteiger partial charge in [-0.3, -0.25) is 4.79 Å². The average Bonchev–Trinajstić information content (AvgIpc) is 2.19. The molecule has 1 fully saturated rings. The van der Waals surface area contributed by atoms with Crippen LogP contribution in [-0.4, -0.2) is 32.2 Å². The van der Waals surface area contributed by atoms with E-state index in [1.165, 1.54) is 0 Å². The Morgan fingerprint density at radius 2 is 2.15 bits per heavy atom. The number of rotatable bonds is 5. The van der Waals surface area contributed by atoms with Gasteiger partial charge in [0.15, 0.2) is 5.78 Å². The largest absolute Gasteiger partial charge is 0.381 e. The summed E-state index contributed by atoms with van der Waals surface area (Å²) in [7, 11) is 0. The minimum atomic E-state index is 0.186. The zero-order chi connectivity index (χ0) is 9.52. The molecular formula is C10H18O3. The maximum atomic E-state index is 11.5. The topological polar surface area (TPSA) is 35.5 Å². The molecule has 0 N–H and O–H groups in total. The third-order valence-electron chi connectivity index (χ3n) is 2.27. The van der Waals surface area contributed by atoms with Gasteiger partial charge in [-0.25, -0.2) is 0 Å². The SMILES string of the molecule is CCCOCC(=O)C1CCOCC1. The number of hydrogen-bond acceptors (Lipinski definition) is 3. The molecule has 1 rings (SSSR count). The van der Waals surface area contributed by atoms with Crippen LogP contribution in [0.3, 0.4) is 0 Å². The molecule has 1 aliphatic rings. The number of carbonyl (C=O) groups excluding carboxylic acids is 1. The second-order valence-electron chi connectivity index (χ2n) is 3.41. The lowest BCUT2D eigenvalue weighted by atomic mass is 9.96. The summed E-state index contributed by atoms with van der Waals surface area (Å²) in [6, 6.07) is 0. The van der Waals surface area contributed by atoms with Gasteiger partial charge < -0.3 is 9.47 Å². The lowest BCUT2D eigenvalue weighted by Gasteiger charge is -2.20. The third-order valence-corrected chi connectivity index (χ3v) is 2.27. The van der Waals surface area contributed by atoms with Crippen molar-refractivity contribution in [2.24, 2.45) is 5.92 Å². The second kappa shape index (κ2) is 6.11. The summed E-state index contributed by atoms with van der Waals surface area (Å²) in [6.45, 7) is 4.47.